The van der Waals surface area contributed by atoms with Gasteiger partial charge in [-0.15, -0.1) is 0 Å². The Kier molecular flexibility index (Phi) is 8.24. The summed E-state index contributed by atoms with van der Waals surface area (Å²) in [6.07, 6.45) is 9.75. The molecule has 0 aliphatic heterocycles. The monoisotopic (exact) mass is 501 g/mol. The molecule has 0 spiro atoms. The Balaban J connectivity index is 1.42. The Hall–Kier alpha value is -1.43. The van der Waals surface area contributed by atoms with E-state index in [2.05, 4.69) is 45.1 Å². The molecule has 4 rings (SSSR count). The second kappa shape index (κ2) is 10.7. The van der Waals surface area contributed by atoms with Crippen molar-refractivity contribution in [3.8, 4) is 0 Å². The average molecular weight is 502 g/mol. The number of amides is 1. The fourth-order valence-electron chi connectivity index (χ4n) is 8.99. The van der Waals surface area contributed by atoms with Crippen molar-refractivity contribution in [2.45, 2.75) is 118 Å². The molecule has 1 amide bonds. The highest BCUT2D eigenvalue weighted by molar-refractivity contribution is 5.85. The molecule has 4 saturated carbocycles. The second-order valence-corrected chi connectivity index (χ2v) is 13.6. The molecule has 36 heavy (non-hydrogen) atoms. The van der Waals surface area contributed by atoms with Gasteiger partial charge in [-0.3, -0.25) is 9.63 Å². The SMILES string of the molecule is C/C(=N\OC(=O)N(CCNC(C)C)C(C)C)[C@H]1CC[C@H]2[C@@H]3CC[C@@H]4CC(=O)CC[C@]4(C)[C@H]3CC[C@]12C. The van der Waals surface area contributed by atoms with Crippen molar-refractivity contribution in [1.29, 1.82) is 0 Å². The zero-order valence-corrected chi connectivity index (χ0v) is 23.9. The van der Waals surface area contributed by atoms with Gasteiger partial charge >= 0.3 is 6.09 Å². The zero-order chi connectivity index (χ0) is 26.3. The molecule has 0 aromatic heterocycles. The van der Waals surface area contributed by atoms with Crippen LogP contribution in [0.25, 0.3) is 0 Å². The van der Waals surface area contributed by atoms with Crippen LogP contribution in [0.15, 0.2) is 5.16 Å². The van der Waals surface area contributed by atoms with Crippen molar-refractivity contribution >= 4 is 17.6 Å². The highest BCUT2D eigenvalue weighted by Crippen LogP contribution is 2.67. The molecule has 6 heteroatoms. The lowest BCUT2D eigenvalue weighted by molar-refractivity contribution is -0.138. The normalized spacial score (nSPS) is 38.5. The standard InChI is InChI=1S/C30H51N3O3/c1-19(2)31-16-17-33(20(3)4)28(35)36-32-21(5)25-10-11-26-24-9-8-22-18-23(34)12-14-29(22,6)27(24)13-15-30(25,26)7/h19-20,22,24-27,31H,8-18H2,1-7H3/b32-21+/t22-,24+,25-,26+,27+,29+,30-/m1/s1. The van der Waals surface area contributed by atoms with Gasteiger partial charge in [-0.05, 0) is 100 Å². The van der Waals surface area contributed by atoms with Crippen LogP contribution < -0.4 is 5.32 Å². The molecular weight excluding hydrogens is 450 g/mol. The van der Waals surface area contributed by atoms with Gasteiger partial charge in [0.15, 0.2) is 0 Å². The van der Waals surface area contributed by atoms with Crippen LogP contribution in [0.1, 0.15) is 106 Å². The third-order valence-electron chi connectivity index (χ3n) is 11.0. The fourth-order valence-corrected chi connectivity index (χ4v) is 8.99. The minimum atomic E-state index is -0.351. The maximum absolute atomic E-state index is 12.9. The molecule has 0 aromatic carbocycles. The number of ketones is 1. The molecule has 7 atom stereocenters. The van der Waals surface area contributed by atoms with E-state index in [0.29, 0.717) is 41.5 Å². The Morgan fingerprint density at radius 2 is 1.78 bits per heavy atom. The zero-order valence-electron chi connectivity index (χ0n) is 23.9. The number of carbonyl (C=O) groups is 2. The largest absolute Gasteiger partial charge is 0.436 e. The summed E-state index contributed by atoms with van der Waals surface area (Å²) < 4.78 is 0. The number of Topliss-reactive ketones (excluding diaryl/α,β-unsaturated/α-hetero) is 1. The molecule has 1 N–H and O–H groups in total. The summed E-state index contributed by atoms with van der Waals surface area (Å²) in [6, 6.07) is 0.455. The number of nitrogens with one attached hydrogen (secondary N) is 1. The molecule has 204 valence electrons. The van der Waals surface area contributed by atoms with Crippen molar-refractivity contribution in [3.63, 3.8) is 0 Å². The molecular formula is C30H51N3O3. The summed E-state index contributed by atoms with van der Waals surface area (Å²) in [6.45, 7) is 16.7. The molecule has 0 unspecified atom stereocenters. The molecule has 4 aliphatic rings. The van der Waals surface area contributed by atoms with Crippen LogP contribution in [0.3, 0.4) is 0 Å². The van der Waals surface area contributed by atoms with Gasteiger partial charge in [0.2, 0.25) is 0 Å². The van der Waals surface area contributed by atoms with Crippen molar-refractivity contribution in [2.75, 3.05) is 13.1 Å². The van der Waals surface area contributed by atoms with Crippen LogP contribution in [-0.2, 0) is 9.63 Å². The Labute approximate surface area is 219 Å². The summed E-state index contributed by atoms with van der Waals surface area (Å²) in [7, 11) is 0. The highest BCUT2D eigenvalue weighted by atomic mass is 16.7. The Bertz CT molecular complexity index is 854. The van der Waals surface area contributed by atoms with E-state index in [0.717, 1.165) is 49.8 Å². The summed E-state index contributed by atoms with van der Waals surface area (Å²) in [5, 5.41) is 7.82. The van der Waals surface area contributed by atoms with Crippen LogP contribution in [0.4, 0.5) is 4.79 Å². The third kappa shape index (κ3) is 5.13. The molecule has 0 aromatic rings. The quantitative estimate of drug-likeness (QED) is 0.248. The first-order chi connectivity index (χ1) is 17.0. The second-order valence-electron chi connectivity index (χ2n) is 13.6. The number of hydrogen-bond acceptors (Lipinski definition) is 5. The van der Waals surface area contributed by atoms with Crippen LogP contribution in [0.2, 0.25) is 0 Å². The van der Waals surface area contributed by atoms with Crippen molar-refractivity contribution in [2.24, 2.45) is 45.6 Å². The van der Waals surface area contributed by atoms with Gasteiger partial charge in [0.05, 0.1) is 5.71 Å². The van der Waals surface area contributed by atoms with Gasteiger partial charge in [-0.2, -0.15) is 0 Å². The van der Waals surface area contributed by atoms with Gasteiger partial charge in [0.1, 0.15) is 5.78 Å². The van der Waals surface area contributed by atoms with E-state index in [1.807, 2.05) is 13.8 Å². The first-order valence-corrected chi connectivity index (χ1v) is 14.7. The average Bonchev–Trinajstić information content (AvgIpc) is 3.17. The lowest BCUT2D eigenvalue weighted by atomic mass is 9.44. The molecule has 0 bridgehead atoms. The van der Waals surface area contributed by atoms with Crippen molar-refractivity contribution in [1.82, 2.24) is 10.2 Å². The summed E-state index contributed by atoms with van der Waals surface area (Å²) in [4.78, 5) is 32.3. The lowest BCUT2D eigenvalue weighted by Gasteiger charge is -2.60. The van der Waals surface area contributed by atoms with Gasteiger partial charge < -0.3 is 10.2 Å². The van der Waals surface area contributed by atoms with Crippen LogP contribution >= 0.6 is 0 Å². The molecule has 4 aliphatic carbocycles. The fraction of sp³-hybridized carbons (Fsp3) is 0.900. The van der Waals surface area contributed by atoms with Crippen LogP contribution in [0.5, 0.6) is 0 Å². The van der Waals surface area contributed by atoms with E-state index in [1.54, 1.807) is 4.90 Å². The maximum Gasteiger partial charge on any atom is 0.436 e. The third-order valence-corrected chi connectivity index (χ3v) is 11.0. The topological polar surface area (TPSA) is 71.0 Å². The number of fused-ring (bicyclic) bond motifs is 5. The minimum Gasteiger partial charge on any atom is -0.313 e. The van der Waals surface area contributed by atoms with E-state index in [1.165, 1.54) is 32.1 Å². The van der Waals surface area contributed by atoms with E-state index >= 15 is 0 Å². The molecule has 0 heterocycles. The summed E-state index contributed by atoms with van der Waals surface area (Å²) >= 11 is 0. The summed E-state index contributed by atoms with van der Waals surface area (Å²) in [5.74, 6) is 3.71. The highest BCUT2D eigenvalue weighted by Gasteiger charge is 2.60. The van der Waals surface area contributed by atoms with Crippen molar-refractivity contribution < 1.29 is 14.4 Å². The lowest BCUT2D eigenvalue weighted by Crippen LogP contribution is -2.53. The first-order valence-electron chi connectivity index (χ1n) is 14.7. The Morgan fingerprint density at radius 1 is 1.06 bits per heavy atom. The Morgan fingerprint density at radius 3 is 2.47 bits per heavy atom. The molecule has 0 saturated heterocycles. The van der Waals surface area contributed by atoms with Gasteiger partial charge in [0, 0.05) is 43.9 Å². The number of oxime groups is 1. The predicted molar refractivity (Wildman–Crippen MR) is 145 cm³/mol. The van der Waals surface area contributed by atoms with E-state index < -0.39 is 0 Å². The van der Waals surface area contributed by atoms with Crippen molar-refractivity contribution in [3.05, 3.63) is 0 Å². The smallest absolute Gasteiger partial charge is 0.313 e. The molecule has 0 radical (unpaired) electrons. The van der Waals surface area contributed by atoms with Gasteiger partial charge in [0.25, 0.3) is 0 Å². The van der Waals surface area contributed by atoms with E-state index in [4.69, 9.17) is 4.84 Å². The van der Waals surface area contributed by atoms with Gasteiger partial charge in [-0.1, -0.05) is 32.9 Å². The number of carbonyl (C=O) groups excluding carboxylic acids is 2. The predicted octanol–water partition coefficient (Wildman–Crippen LogP) is 6.44. The minimum absolute atomic E-state index is 0.0668. The number of hydrogen-bond donors (Lipinski definition) is 1. The maximum atomic E-state index is 12.9. The van der Waals surface area contributed by atoms with Gasteiger partial charge in [-0.25, -0.2) is 4.79 Å². The van der Waals surface area contributed by atoms with Crippen LogP contribution in [0, 0.1) is 40.4 Å². The van der Waals surface area contributed by atoms with E-state index in [9.17, 15) is 9.59 Å². The molecule has 6 nitrogen and oxygen atoms in total. The van der Waals surface area contributed by atoms with Crippen LogP contribution in [-0.4, -0.2) is 47.7 Å². The summed E-state index contributed by atoms with van der Waals surface area (Å²) in [5.41, 5.74) is 1.56. The molecule has 4 fully saturated rings. The number of rotatable bonds is 7. The van der Waals surface area contributed by atoms with E-state index in [-0.39, 0.29) is 17.6 Å². The first kappa shape index (κ1) is 27.6. The number of nitrogens with zero attached hydrogens (tertiary/aromatic N) is 2.